The molecule has 8 heteroatoms. The van der Waals surface area contributed by atoms with Crippen LogP contribution in [-0.4, -0.2) is 30.1 Å². The third-order valence-corrected chi connectivity index (χ3v) is 3.32. The molecule has 0 aliphatic carbocycles. The summed E-state index contributed by atoms with van der Waals surface area (Å²) in [5.74, 6) is -0.637. The van der Waals surface area contributed by atoms with Crippen LogP contribution in [0.2, 0.25) is 0 Å². The number of amides is 1. The average Bonchev–Trinajstić information content (AvgIpc) is 2.49. The minimum Gasteiger partial charge on any atom is -0.481 e. The summed E-state index contributed by atoms with van der Waals surface area (Å²) in [4.78, 5) is 20.0. The van der Waals surface area contributed by atoms with Crippen molar-refractivity contribution in [3.8, 4) is 11.8 Å². The lowest BCUT2D eigenvalue weighted by molar-refractivity contribution is 0.102. The molecule has 0 saturated carbocycles. The monoisotopic (exact) mass is 355 g/mol. The quantitative estimate of drug-likeness (QED) is 0.912. The number of halogens is 2. The van der Waals surface area contributed by atoms with Gasteiger partial charge < -0.3 is 9.47 Å². The molecule has 0 aliphatic heterocycles. The van der Waals surface area contributed by atoms with Gasteiger partial charge in [0.15, 0.2) is 0 Å². The Balaban J connectivity index is 2.29. The lowest BCUT2D eigenvalue weighted by Gasteiger charge is -2.08. The van der Waals surface area contributed by atoms with Crippen LogP contribution < -0.4 is 14.8 Å². The molecule has 6 nitrogen and oxygen atoms in total. The maximum absolute atomic E-state index is 13.4. The zero-order valence-corrected chi connectivity index (χ0v) is 12.8. The van der Waals surface area contributed by atoms with Crippen LogP contribution in [0.1, 0.15) is 10.4 Å². The Morgan fingerprint density at radius 3 is 2.43 bits per heavy atom. The number of nitrogens with one attached hydrogen (secondary N) is 1. The average molecular weight is 356 g/mol. The van der Waals surface area contributed by atoms with E-state index in [9.17, 15) is 9.18 Å². The van der Waals surface area contributed by atoms with E-state index in [-0.39, 0.29) is 27.7 Å². The summed E-state index contributed by atoms with van der Waals surface area (Å²) in [5, 5.41) is 2.46. The number of benzene rings is 1. The second-order valence-electron chi connectivity index (χ2n) is 3.83. The van der Waals surface area contributed by atoms with Crippen molar-refractivity contribution in [2.45, 2.75) is 0 Å². The number of hydrogen-bond donors (Lipinski definition) is 1. The predicted octanol–water partition coefficient (Wildman–Crippen LogP) is 2.65. The largest absolute Gasteiger partial charge is 0.481 e. The Labute approximate surface area is 128 Å². The maximum Gasteiger partial charge on any atom is 0.259 e. The molecule has 0 aliphatic rings. The molecule has 0 saturated heterocycles. The van der Waals surface area contributed by atoms with Crippen LogP contribution in [0, 0.1) is 5.82 Å². The number of aromatic nitrogens is 2. The van der Waals surface area contributed by atoms with Gasteiger partial charge in [0.05, 0.1) is 30.3 Å². The molecule has 0 spiro atoms. The molecule has 0 atom stereocenters. The number of hydrogen-bond acceptors (Lipinski definition) is 5. The normalized spacial score (nSPS) is 10.1. The molecule has 0 radical (unpaired) electrons. The molecule has 0 unspecified atom stereocenters. The van der Waals surface area contributed by atoms with Crippen molar-refractivity contribution in [3.63, 3.8) is 0 Å². The summed E-state index contributed by atoms with van der Waals surface area (Å²) in [6, 6.07) is 5.61. The fourth-order valence-electron chi connectivity index (χ4n) is 1.52. The van der Waals surface area contributed by atoms with Crippen LogP contribution in [0.25, 0.3) is 0 Å². The molecular weight excluding hydrogens is 345 g/mol. The maximum atomic E-state index is 13.4. The Bertz CT molecular complexity index is 659. The van der Waals surface area contributed by atoms with Crippen molar-refractivity contribution < 1.29 is 18.7 Å². The molecule has 0 bridgehead atoms. The van der Waals surface area contributed by atoms with Gasteiger partial charge in [0, 0.05) is 0 Å². The van der Waals surface area contributed by atoms with E-state index < -0.39 is 11.7 Å². The molecule has 2 aromatic rings. The van der Waals surface area contributed by atoms with Crippen molar-refractivity contribution in [2.24, 2.45) is 0 Å². The Morgan fingerprint density at radius 2 is 1.86 bits per heavy atom. The van der Waals surface area contributed by atoms with Crippen LogP contribution in [0.5, 0.6) is 11.8 Å². The van der Waals surface area contributed by atoms with Gasteiger partial charge in [-0.3, -0.25) is 10.1 Å². The van der Waals surface area contributed by atoms with Gasteiger partial charge in [-0.05, 0) is 28.1 Å². The van der Waals surface area contributed by atoms with Gasteiger partial charge in [0.2, 0.25) is 17.7 Å². The number of rotatable bonds is 4. The van der Waals surface area contributed by atoms with Gasteiger partial charge in [-0.2, -0.15) is 9.97 Å². The Hall–Kier alpha value is -2.22. The van der Waals surface area contributed by atoms with Crippen LogP contribution in [0.3, 0.4) is 0 Å². The molecule has 1 aromatic heterocycles. The number of anilines is 1. The van der Waals surface area contributed by atoms with Crippen LogP contribution in [-0.2, 0) is 0 Å². The van der Waals surface area contributed by atoms with E-state index in [0.29, 0.717) is 0 Å². The molecule has 1 heterocycles. The number of methoxy groups -OCH3 is 2. The van der Waals surface area contributed by atoms with E-state index in [1.165, 1.54) is 38.5 Å². The zero-order chi connectivity index (χ0) is 15.4. The topological polar surface area (TPSA) is 73.3 Å². The molecule has 2 rings (SSSR count). The van der Waals surface area contributed by atoms with E-state index in [4.69, 9.17) is 9.47 Å². The molecule has 1 N–H and O–H groups in total. The smallest absolute Gasteiger partial charge is 0.259 e. The van der Waals surface area contributed by atoms with Gasteiger partial charge in [-0.15, -0.1) is 0 Å². The highest BCUT2D eigenvalue weighted by atomic mass is 79.9. The lowest BCUT2D eigenvalue weighted by atomic mass is 10.2. The number of nitrogens with zero attached hydrogens (tertiary/aromatic N) is 2. The number of ether oxygens (including phenoxy) is 2. The SMILES string of the molecule is COc1cc(OC)nc(NC(=O)c2cccc(F)c2Br)n1. The highest BCUT2D eigenvalue weighted by molar-refractivity contribution is 9.10. The molecule has 110 valence electrons. The summed E-state index contributed by atoms with van der Waals surface area (Å²) in [6.07, 6.45) is 0. The van der Waals surface area contributed by atoms with Gasteiger partial charge in [0.25, 0.3) is 5.91 Å². The van der Waals surface area contributed by atoms with Gasteiger partial charge in [-0.1, -0.05) is 6.07 Å². The lowest BCUT2D eigenvalue weighted by Crippen LogP contribution is -2.15. The van der Waals surface area contributed by atoms with Crippen LogP contribution >= 0.6 is 15.9 Å². The Kier molecular flexibility index (Phi) is 4.69. The minimum atomic E-state index is -0.559. The summed E-state index contributed by atoms with van der Waals surface area (Å²) in [7, 11) is 2.85. The second kappa shape index (κ2) is 6.49. The van der Waals surface area contributed by atoms with Crippen LogP contribution in [0.4, 0.5) is 10.3 Å². The first kappa shape index (κ1) is 15.2. The van der Waals surface area contributed by atoms with E-state index in [1.807, 2.05) is 0 Å². The van der Waals surface area contributed by atoms with Crippen LogP contribution in [0.15, 0.2) is 28.7 Å². The number of carbonyl (C=O) groups excluding carboxylic acids is 1. The van der Waals surface area contributed by atoms with Gasteiger partial charge in [0.1, 0.15) is 5.82 Å². The summed E-state index contributed by atoms with van der Waals surface area (Å²) in [6.45, 7) is 0. The van der Waals surface area contributed by atoms with Crippen molar-refractivity contribution in [3.05, 3.63) is 40.1 Å². The van der Waals surface area contributed by atoms with Gasteiger partial charge >= 0.3 is 0 Å². The first-order chi connectivity index (χ1) is 10.0. The zero-order valence-electron chi connectivity index (χ0n) is 11.2. The minimum absolute atomic E-state index is 0.00707. The van der Waals surface area contributed by atoms with Crippen molar-refractivity contribution in [1.29, 1.82) is 0 Å². The first-order valence-electron chi connectivity index (χ1n) is 5.77. The molecule has 1 amide bonds. The fourth-order valence-corrected chi connectivity index (χ4v) is 1.96. The highest BCUT2D eigenvalue weighted by Gasteiger charge is 2.15. The number of carbonyl (C=O) groups is 1. The van der Waals surface area contributed by atoms with E-state index >= 15 is 0 Å². The van der Waals surface area contributed by atoms with Crippen molar-refractivity contribution >= 4 is 27.8 Å². The Morgan fingerprint density at radius 1 is 1.24 bits per heavy atom. The third kappa shape index (κ3) is 3.46. The summed E-state index contributed by atoms with van der Waals surface area (Å²) in [5.41, 5.74) is 0.125. The van der Waals surface area contributed by atoms with Crippen molar-refractivity contribution in [2.75, 3.05) is 19.5 Å². The molecule has 21 heavy (non-hydrogen) atoms. The summed E-state index contributed by atoms with van der Waals surface area (Å²) >= 11 is 3.02. The van der Waals surface area contributed by atoms with Gasteiger partial charge in [-0.25, -0.2) is 4.39 Å². The molecule has 1 aromatic carbocycles. The van der Waals surface area contributed by atoms with E-state index in [0.717, 1.165) is 0 Å². The highest BCUT2D eigenvalue weighted by Crippen LogP contribution is 2.22. The van der Waals surface area contributed by atoms with E-state index in [2.05, 4.69) is 31.2 Å². The standard InChI is InChI=1S/C13H11BrFN3O3/c1-20-9-6-10(21-2)17-13(16-9)18-12(19)7-4-3-5-8(15)11(7)14/h3-6H,1-2H3,(H,16,17,18,19). The second-order valence-corrected chi connectivity index (χ2v) is 4.62. The van der Waals surface area contributed by atoms with Crippen molar-refractivity contribution in [1.82, 2.24) is 9.97 Å². The molecule has 0 fully saturated rings. The third-order valence-electron chi connectivity index (χ3n) is 2.52. The predicted molar refractivity (Wildman–Crippen MR) is 77.2 cm³/mol. The molecular formula is C13H11BrFN3O3. The summed E-state index contributed by atoms with van der Waals surface area (Å²) < 4.78 is 23.4. The fraction of sp³-hybridized carbons (Fsp3) is 0.154. The van der Waals surface area contributed by atoms with E-state index in [1.54, 1.807) is 0 Å². The first-order valence-corrected chi connectivity index (χ1v) is 6.57.